The first-order valence-electron chi connectivity index (χ1n) is 6.51. The lowest BCUT2D eigenvalue weighted by molar-refractivity contribution is 0.270. The zero-order valence-corrected chi connectivity index (χ0v) is 11.1. The molecule has 1 saturated heterocycles. The van der Waals surface area contributed by atoms with E-state index >= 15 is 0 Å². The molecule has 4 nitrogen and oxygen atoms in total. The molecule has 0 radical (unpaired) electrons. The van der Waals surface area contributed by atoms with Crippen LogP contribution in [0.25, 0.3) is 0 Å². The number of piperazine rings is 1. The monoisotopic (exact) mass is 234 g/mol. The molecule has 4 heteroatoms. The lowest BCUT2D eigenvalue weighted by atomic mass is 10.1. The van der Waals surface area contributed by atoms with Crippen molar-refractivity contribution in [2.45, 2.75) is 26.7 Å². The Labute approximate surface area is 104 Å². The van der Waals surface area contributed by atoms with Crippen molar-refractivity contribution in [3.63, 3.8) is 0 Å². The van der Waals surface area contributed by atoms with Gasteiger partial charge < -0.3 is 9.80 Å². The molecule has 1 aromatic heterocycles. The fourth-order valence-electron chi connectivity index (χ4n) is 2.11. The SMILES string of the molecule is CCN1CCN(c2ccc(C(C)C)nn2)CC1. The lowest BCUT2D eigenvalue weighted by Gasteiger charge is -2.34. The maximum atomic E-state index is 4.33. The Bertz CT molecular complexity index is 339. The molecule has 1 aliphatic rings. The maximum Gasteiger partial charge on any atom is 0.151 e. The summed E-state index contributed by atoms with van der Waals surface area (Å²) in [7, 11) is 0. The van der Waals surface area contributed by atoms with Crippen molar-refractivity contribution in [2.24, 2.45) is 0 Å². The Kier molecular flexibility index (Phi) is 3.94. The van der Waals surface area contributed by atoms with Crippen molar-refractivity contribution in [1.82, 2.24) is 15.1 Å². The summed E-state index contributed by atoms with van der Waals surface area (Å²) < 4.78 is 0. The molecule has 0 saturated carbocycles. The molecule has 1 aliphatic heterocycles. The summed E-state index contributed by atoms with van der Waals surface area (Å²) in [6.07, 6.45) is 0. The van der Waals surface area contributed by atoms with E-state index in [9.17, 15) is 0 Å². The topological polar surface area (TPSA) is 32.3 Å². The molecule has 2 heterocycles. The van der Waals surface area contributed by atoms with Gasteiger partial charge in [0.2, 0.25) is 0 Å². The van der Waals surface area contributed by atoms with Gasteiger partial charge in [-0.1, -0.05) is 20.8 Å². The Morgan fingerprint density at radius 1 is 1.12 bits per heavy atom. The third-order valence-electron chi connectivity index (χ3n) is 3.41. The van der Waals surface area contributed by atoms with Crippen LogP contribution in [0.15, 0.2) is 12.1 Å². The van der Waals surface area contributed by atoms with Gasteiger partial charge in [-0.2, -0.15) is 5.10 Å². The van der Waals surface area contributed by atoms with Crippen molar-refractivity contribution < 1.29 is 0 Å². The van der Waals surface area contributed by atoms with Crippen molar-refractivity contribution in [1.29, 1.82) is 0 Å². The van der Waals surface area contributed by atoms with Gasteiger partial charge in [0.15, 0.2) is 5.82 Å². The lowest BCUT2D eigenvalue weighted by Crippen LogP contribution is -2.46. The van der Waals surface area contributed by atoms with E-state index in [1.54, 1.807) is 0 Å². The molecule has 0 aliphatic carbocycles. The average molecular weight is 234 g/mol. The Balaban J connectivity index is 1.99. The Hall–Kier alpha value is -1.16. The third kappa shape index (κ3) is 2.94. The van der Waals surface area contributed by atoms with Crippen LogP contribution in [0.3, 0.4) is 0 Å². The molecule has 0 aromatic carbocycles. The van der Waals surface area contributed by atoms with Crippen LogP contribution in [0, 0.1) is 0 Å². The second-order valence-corrected chi connectivity index (χ2v) is 4.89. The summed E-state index contributed by atoms with van der Waals surface area (Å²) in [6, 6.07) is 4.20. The van der Waals surface area contributed by atoms with Gasteiger partial charge in [-0.15, -0.1) is 5.10 Å². The number of rotatable bonds is 3. The minimum absolute atomic E-state index is 0.452. The van der Waals surface area contributed by atoms with Crippen LogP contribution in [-0.4, -0.2) is 47.8 Å². The molecule has 1 aromatic rings. The van der Waals surface area contributed by atoms with E-state index in [-0.39, 0.29) is 0 Å². The van der Waals surface area contributed by atoms with E-state index in [0.29, 0.717) is 5.92 Å². The van der Waals surface area contributed by atoms with Gasteiger partial charge >= 0.3 is 0 Å². The number of nitrogens with zero attached hydrogens (tertiary/aromatic N) is 4. The molecular weight excluding hydrogens is 212 g/mol. The first kappa shape index (κ1) is 12.3. The number of hydrogen-bond donors (Lipinski definition) is 0. The molecule has 0 spiro atoms. The van der Waals surface area contributed by atoms with Gasteiger partial charge in [0.1, 0.15) is 0 Å². The van der Waals surface area contributed by atoms with Crippen LogP contribution < -0.4 is 4.90 Å². The van der Waals surface area contributed by atoms with Gasteiger partial charge in [-0.05, 0) is 24.6 Å². The molecule has 0 amide bonds. The predicted molar refractivity (Wildman–Crippen MR) is 70.4 cm³/mol. The largest absolute Gasteiger partial charge is 0.353 e. The molecular formula is C13H22N4. The quantitative estimate of drug-likeness (QED) is 0.797. The van der Waals surface area contributed by atoms with E-state index in [1.165, 1.54) is 0 Å². The third-order valence-corrected chi connectivity index (χ3v) is 3.41. The summed E-state index contributed by atoms with van der Waals surface area (Å²) in [4.78, 5) is 4.79. The van der Waals surface area contributed by atoms with E-state index in [2.05, 4.69) is 52.9 Å². The summed E-state index contributed by atoms with van der Waals surface area (Å²) in [5.74, 6) is 1.47. The number of anilines is 1. The van der Waals surface area contributed by atoms with Crippen LogP contribution in [0.5, 0.6) is 0 Å². The second kappa shape index (κ2) is 5.45. The average Bonchev–Trinajstić information content (AvgIpc) is 2.39. The van der Waals surface area contributed by atoms with Crippen molar-refractivity contribution >= 4 is 5.82 Å². The van der Waals surface area contributed by atoms with Crippen molar-refractivity contribution in [2.75, 3.05) is 37.6 Å². The highest BCUT2D eigenvalue weighted by atomic mass is 15.3. The minimum Gasteiger partial charge on any atom is -0.353 e. The van der Waals surface area contributed by atoms with Gasteiger partial charge in [-0.25, -0.2) is 0 Å². The molecule has 1 fully saturated rings. The van der Waals surface area contributed by atoms with Crippen LogP contribution in [-0.2, 0) is 0 Å². The number of hydrogen-bond acceptors (Lipinski definition) is 4. The van der Waals surface area contributed by atoms with Gasteiger partial charge in [0.05, 0.1) is 5.69 Å². The summed E-state index contributed by atoms with van der Waals surface area (Å²) >= 11 is 0. The zero-order valence-electron chi connectivity index (χ0n) is 11.1. The van der Waals surface area contributed by atoms with E-state index in [1.807, 2.05) is 0 Å². The van der Waals surface area contributed by atoms with Crippen LogP contribution in [0.1, 0.15) is 32.4 Å². The van der Waals surface area contributed by atoms with E-state index in [0.717, 1.165) is 44.2 Å². The summed E-state index contributed by atoms with van der Waals surface area (Å²) in [6.45, 7) is 12.0. The van der Waals surface area contributed by atoms with Gasteiger partial charge in [-0.3, -0.25) is 0 Å². The fraction of sp³-hybridized carbons (Fsp3) is 0.692. The highest BCUT2D eigenvalue weighted by Crippen LogP contribution is 2.15. The van der Waals surface area contributed by atoms with Crippen molar-refractivity contribution in [3.8, 4) is 0 Å². The predicted octanol–water partition coefficient (Wildman–Crippen LogP) is 1.74. The van der Waals surface area contributed by atoms with E-state index in [4.69, 9.17) is 0 Å². The van der Waals surface area contributed by atoms with Gasteiger partial charge in [0, 0.05) is 26.2 Å². The molecule has 17 heavy (non-hydrogen) atoms. The Morgan fingerprint density at radius 2 is 1.82 bits per heavy atom. The molecule has 0 unspecified atom stereocenters. The molecule has 0 atom stereocenters. The number of aromatic nitrogens is 2. The van der Waals surface area contributed by atoms with Gasteiger partial charge in [0.25, 0.3) is 0 Å². The smallest absolute Gasteiger partial charge is 0.151 e. The van der Waals surface area contributed by atoms with Crippen LogP contribution in [0.4, 0.5) is 5.82 Å². The van der Waals surface area contributed by atoms with Crippen molar-refractivity contribution in [3.05, 3.63) is 17.8 Å². The standard InChI is InChI=1S/C13H22N4/c1-4-16-7-9-17(10-8-16)13-6-5-12(11(2)3)14-15-13/h5-6,11H,4,7-10H2,1-3H3. The summed E-state index contributed by atoms with van der Waals surface area (Å²) in [5, 5.41) is 8.62. The highest BCUT2D eigenvalue weighted by molar-refractivity contribution is 5.38. The molecule has 2 rings (SSSR count). The number of likely N-dealkylation sites (N-methyl/N-ethyl adjacent to an activating group) is 1. The van der Waals surface area contributed by atoms with E-state index < -0.39 is 0 Å². The van der Waals surface area contributed by atoms with Crippen LogP contribution >= 0.6 is 0 Å². The maximum absolute atomic E-state index is 4.33. The molecule has 0 N–H and O–H groups in total. The zero-order chi connectivity index (χ0) is 12.3. The molecule has 94 valence electrons. The first-order chi connectivity index (χ1) is 8.20. The minimum atomic E-state index is 0.452. The highest BCUT2D eigenvalue weighted by Gasteiger charge is 2.17. The van der Waals surface area contributed by atoms with Crippen LogP contribution in [0.2, 0.25) is 0 Å². The molecule has 0 bridgehead atoms. The summed E-state index contributed by atoms with van der Waals surface area (Å²) in [5.41, 5.74) is 1.07. The fourth-order valence-corrected chi connectivity index (χ4v) is 2.11. The first-order valence-corrected chi connectivity index (χ1v) is 6.51. The normalized spacial score (nSPS) is 17.8. The second-order valence-electron chi connectivity index (χ2n) is 4.89. The Morgan fingerprint density at radius 3 is 2.29 bits per heavy atom.